The lowest BCUT2D eigenvalue weighted by molar-refractivity contribution is -0.384. The molecule has 0 unspecified atom stereocenters. The molecule has 0 aliphatic carbocycles. The Hall–Kier alpha value is -2.80. The molecule has 1 amide bonds. The van der Waals surface area contributed by atoms with Crippen LogP contribution >= 0.6 is 34.8 Å². The SMILES string of the molecule is O=C(C=Cc1ccc(-c2cc(Cl)cc(Cl)c2)o1)Nc1ccc(Cl)c([N+](=O)[O-])c1. The number of nitro groups is 1. The van der Waals surface area contributed by atoms with Crippen LogP contribution in [0.5, 0.6) is 0 Å². The molecule has 0 aliphatic heterocycles. The second-order valence-electron chi connectivity index (χ2n) is 5.61. The van der Waals surface area contributed by atoms with Gasteiger partial charge in [-0.15, -0.1) is 0 Å². The Balaban J connectivity index is 1.71. The number of nitrogens with zero attached hydrogens (tertiary/aromatic N) is 1. The first-order valence-corrected chi connectivity index (χ1v) is 8.94. The Kier molecular flexibility index (Phi) is 6.04. The summed E-state index contributed by atoms with van der Waals surface area (Å²) >= 11 is 17.7. The molecular weight excluding hydrogens is 427 g/mol. The van der Waals surface area contributed by atoms with Gasteiger partial charge in [-0.2, -0.15) is 0 Å². The third kappa shape index (κ3) is 4.92. The van der Waals surface area contributed by atoms with Crippen LogP contribution in [0.25, 0.3) is 17.4 Å². The summed E-state index contributed by atoms with van der Waals surface area (Å²) in [6, 6.07) is 12.4. The van der Waals surface area contributed by atoms with Crippen molar-refractivity contribution in [2.75, 3.05) is 5.32 Å². The van der Waals surface area contributed by atoms with E-state index in [2.05, 4.69) is 5.32 Å². The van der Waals surface area contributed by atoms with E-state index >= 15 is 0 Å². The van der Waals surface area contributed by atoms with E-state index in [1.165, 1.54) is 30.4 Å². The largest absolute Gasteiger partial charge is 0.457 e. The first-order valence-electron chi connectivity index (χ1n) is 7.81. The summed E-state index contributed by atoms with van der Waals surface area (Å²) in [5, 5.41) is 14.4. The van der Waals surface area contributed by atoms with E-state index in [1.807, 2.05) is 0 Å². The van der Waals surface area contributed by atoms with Crippen LogP contribution in [0.3, 0.4) is 0 Å². The monoisotopic (exact) mass is 436 g/mol. The molecule has 1 aromatic heterocycles. The highest BCUT2D eigenvalue weighted by atomic mass is 35.5. The average Bonchev–Trinajstić information content (AvgIpc) is 3.10. The lowest BCUT2D eigenvalue weighted by Crippen LogP contribution is -2.07. The van der Waals surface area contributed by atoms with Crippen molar-refractivity contribution >= 4 is 58.2 Å². The first-order chi connectivity index (χ1) is 13.3. The number of hydrogen-bond donors (Lipinski definition) is 1. The number of rotatable bonds is 5. The topological polar surface area (TPSA) is 85.4 Å². The standard InChI is InChI=1S/C19H11Cl3N2O4/c20-12-7-11(8-13(21)9-12)18-5-2-15(28-18)3-6-19(25)23-14-1-4-16(22)17(10-14)24(26)27/h1-10H,(H,23,25). The van der Waals surface area contributed by atoms with E-state index in [-0.39, 0.29) is 16.4 Å². The number of carbonyl (C=O) groups excluding carboxylic acids is 1. The first kappa shape index (κ1) is 19.9. The maximum absolute atomic E-state index is 12.0. The van der Waals surface area contributed by atoms with Gasteiger partial charge in [0.25, 0.3) is 5.69 Å². The molecule has 0 atom stereocenters. The van der Waals surface area contributed by atoms with Gasteiger partial charge >= 0.3 is 0 Å². The number of nitrogens with one attached hydrogen (secondary N) is 1. The molecule has 1 heterocycles. The second-order valence-corrected chi connectivity index (χ2v) is 6.89. The zero-order valence-corrected chi connectivity index (χ0v) is 16.3. The minimum absolute atomic E-state index is 0.0113. The Bertz CT molecular complexity index is 1070. The third-order valence-electron chi connectivity index (χ3n) is 3.58. The van der Waals surface area contributed by atoms with Crippen LogP contribution < -0.4 is 5.32 Å². The molecule has 0 saturated carbocycles. The van der Waals surface area contributed by atoms with Crippen LogP contribution in [0.1, 0.15) is 5.76 Å². The number of anilines is 1. The molecule has 9 heteroatoms. The van der Waals surface area contributed by atoms with E-state index in [0.717, 1.165) is 0 Å². The summed E-state index contributed by atoms with van der Waals surface area (Å²) in [6.45, 7) is 0. The highest BCUT2D eigenvalue weighted by molar-refractivity contribution is 6.35. The molecule has 0 bridgehead atoms. The quantitative estimate of drug-likeness (QED) is 0.282. The normalized spacial score (nSPS) is 11.0. The van der Waals surface area contributed by atoms with Crippen LogP contribution in [-0.2, 0) is 4.79 Å². The maximum Gasteiger partial charge on any atom is 0.289 e. The predicted octanol–water partition coefficient (Wildman–Crippen LogP) is 6.47. The molecule has 28 heavy (non-hydrogen) atoms. The number of benzene rings is 2. The number of furan rings is 1. The zero-order valence-electron chi connectivity index (χ0n) is 14.0. The number of carbonyl (C=O) groups is 1. The maximum atomic E-state index is 12.0. The van der Waals surface area contributed by atoms with E-state index in [0.29, 0.717) is 27.1 Å². The fraction of sp³-hybridized carbons (Fsp3) is 0. The second kappa shape index (κ2) is 8.48. The predicted molar refractivity (Wildman–Crippen MR) is 110 cm³/mol. The van der Waals surface area contributed by atoms with Gasteiger partial charge in [0.05, 0.1) is 4.92 Å². The Morgan fingerprint density at radius 2 is 1.75 bits per heavy atom. The minimum Gasteiger partial charge on any atom is -0.457 e. The van der Waals surface area contributed by atoms with Gasteiger partial charge in [-0.3, -0.25) is 14.9 Å². The summed E-state index contributed by atoms with van der Waals surface area (Å²) in [4.78, 5) is 22.3. The number of nitro benzene ring substituents is 1. The minimum atomic E-state index is -0.625. The van der Waals surface area contributed by atoms with Gasteiger partial charge < -0.3 is 9.73 Å². The molecular formula is C19H11Cl3N2O4. The van der Waals surface area contributed by atoms with Crippen molar-refractivity contribution in [2.24, 2.45) is 0 Å². The molecule has 3 rings (SSSR count). The fourth-order valence-corrected chi connectivity index (χ4v) is 3.08. The van der Waals surface area contributed by atoms with Gasteiger partial charge in [0.1, 0.15) is 16.5 Å². The van der Waals surface area contributed by atoms with Crippen molar-refractivity contribution in [3.8, 4) is 11.3 Å². The summed E-state index contributed by atoms with van der Waals surface area (Å²) in [5.74, 6) is 0.487. The Labute approximate surface area is 174 Å². The van der Waals surface area contributed by atoms with Gasteiger partial charge in [-0.25, -0.2) is 0 Å². The summed E-state index contributed by atoms with van der Waals surface area (Å²) in [7, 11) is 0. The molecule has 0 fully saturated rings. The number of halogens is 3. The lowest BCUT2D eigenvalue weighted by Gasteiger charge is -2.02. The van der Waals surface area contributed by atoms with Crippen molar-refractivity contribution < 1.29 is 14.1 Å². The van der Waals surface area contributed by atoms with Crippen molar-refractivity contribution in [2.45, 2.75) is 0 Å². The molecule has 0 radical (unpaired) electrons. The van der Waals surface area contributed by atoms with Gasteiger partial charge in [-0.05, 0) is 48.5 Å². The van der Waals surface area contributed by atoms with Crippen LogP contribution in [0.2, 0.25) is 15.1 Å². The molecule has 1 N–H and O–H groups in total. The Morgan fingerprint density at radius 3 is 2.43 bits per heavy atom. The molecule has 3 aromatic rings. The summed E-state index contributed by atoms with van der Waals surface area (Å²) in [5.41, 5.74) is 0.661. The molecule has 0 saturated heterocycles. The van der Waals surface area contributed by atoms with Crippen molar-refractivity contribution in [1.82, 2.24) is 0 Å². The van der Waals surface area contributed by atoms with Gasteiger partial charge in [-0.1, -0.05) is 34.8 Å². The van der Waals surface area contributed by atoms with Gasteiger partial charge in [0, 0.05) is 33.4 Å². The van der Waals surface area contributed by atoms with E-state index < -0.39 is 10.8 Å². The molecule has 6 nitrogen and oxygen atoms in total. The summed E-state index contributed by atoms with van der Waals surface area (Å²) < 4.78 is 5.66. The molecule has 2 aromatic carbocycles. The van der Waals surface area contributed by atoms with Crippen LogP contribution in [0, 0.1) is 10.1 Å². The highest BCUT2D eigenvalue weighted by Crippen LogP contribution is 2.29. The fourth-order valence-electron chi connectivity index (χ4n) is 2.37. The third-order valence-corrected chi connectivity index (χ3v) is 4.34. The molecule has 0 spiro atoms. The number of amides is 1. The molecule has 0 aliphatic rings. The van der Waals surface area contributed by atoms with Crippen LogP contribution in [0.15, 0.2) is 59.0 Å². The summed E-state index contributed by atoms with van der Waals surface area (Å²) in [6.07, 6.45) is 2.71. The molecule has 142 valence electrons. The smallest absolute Gasteiger partial charge is 0.289 e. The highest BCUT2D eigenvalue weighted by Gasteiger charge is 2.13. The van der Waals surface area contributed by atoms with Crippen LogP contribution in [-0.4, -0.2) is 10.8 Å². The van der Waals surface area contributed by atoms with E-state index in [4.69, 9.17) is 39.2 Å². The number of hydrogen-bond acceptors (Lipinski definition) is 4. The lowest BCUT2D eigenvalue weighted by atomic mass is 10.2. The van der Waals surface area contributed by atoms with Crippen molar-refractivity contribution in [1.29, 1.82) is 0 Å². The Morgan fingerprint density at radius 1 is 1.04 bits per heavy atom. The van der Waals surface area contributed by atoms with E-state index in [1.54, 1.807) is 30.3 Å². The average molecular weight is 438 g/mol. The van der Waals surface area contributed by atoms with Crippen LogP contribution in [0.4, 0.5) is 11.4 Å². The van der Waals surface area contributed by atoms with Crippen molar-refractivity contribution in [3.63, 3.8) is 0 Å². The zero-order chi connectivity index (χ0) is 20.3. The van der Waals surface area contributed by atoms with E-state index in [9.17, 15) is 14.9 Å². The van der Waals surface area contributed by atoms with Gasteiger partial charge in [0.2, 0.25) is 5.91 Å². The van der Waals surface area contributed by atoms with Crippen molar-refractivity contribution in [3.05, 3.63) is 85.5 Å². The van der Waals surface area contributed by atoms with Gasteiger partial charge in [0.15, 0.2) is 0 Å².